The molecule has 0 fully saturated rings. The Balaban J connectivity index is 1.83. The summed E-state index contributed by atoms with van der Waals surface area (Å²) in [5.74, 6) is 2.21. The quantitative estimate of drug-likeness (QED) is 0.598. The fraction of sp³-hybridized carbons (Fsp3) is 0.368. The largest absolute Gasteiger partial charge is 0.497 e. The molecule has 0 radical (unpaired) electrons. The summed E-state index contributed by atoms with van der Waals surface area (Å²) in [5, 5.41) is 6.55. The summed E-state index contributed by atoms with van der Waals surface area (Å²) < 4.78 is 10.8. The molecule has 0 amide bonds. The van der Waals surface area contributed by atoms with E-state index in [1.165, 1.54) is 0 Å². The van der Waals surface area contributed by atoms with E-state index in [1.54, 1.807) is 20.4 Å². The Morgan fingerprint density at radius 2 is 1.88 bits per heavy atom. The van der Waals surface area contributed by atoms with Crippen molar-refractivity contribution in [2.75, 3.05) is 14.2 Å². The Bertz CT molecular complexity index is 684. The van der Waals surface area contributed by atoms with Crippen molar-refractivity contribution in [3.8, 4) is 11.6 Å². The van der Waals surface area contributed by atoms with E-state index in [0.29, 0.717) is 19.0 Å². The number of rotatable bonds is 7. The maximum absolute atomic E-state index is 5.54. The second-order valence-corrected chi connectivity index (χ2v) is 5.80. The zero-order chi connectivity index (χ0) is 18.1. The van der Waals surface area contributed by atoms with Crippen LogP contribution in [-0.4, -0.2) is 31.2 Å². The summed E-state index contributed by atoms with van der Waals surface area (Å²) in [5.41, 5.74) is 2.18. The van der Waals surface area contributed by atoms with Gasteiger partial charge in [-0.05, 0) is 37.1 Å². The molecule has 0 bridgehead atoms. The maximum atomic E-state index is 5.54. The lowest BCUT2D eigenvalue weighted by atomic mass is 10.2. The van der Waals surface area contributed by atoms with Gasteiger partial charge in [-0.15, -0.1) is 0 Å². The lowest BCUT2D eigenvalue weighted by molar-refractivity contribution is 0.232. The van der Waals surface area contributed by atoms with Crippen molar-refractivity contribution in [3.63, 3.8) is 0 Å². The first kappa shape index (κ1) is 18.6. The van der Waals surface area contributed by atoms with Gasteiger partial charge in [-0.1, -0.05) is 18.2 Å². The second kappa shape index (κ2) is 9.52. The van der Waals surface area contributed by atoms with Crippen LogP contribution in [0.15, 0.2) is 47.6 Å². The molecule has 134 valence electrons. The van der Waals surface area contributed by atoms with E-state index in [9.17, 15) is 0 Å². The molecule has 2 rings (SSSR count). The highest BCUT2D eigenvalue weighted by atomic mass is 16.5. The van der Waals surface area contributed by atoms with E-state index in [1.807, 2.05) is 50.2 Å². The van der Waals surface area contributed by atoms with Gasteiger partial charge in [-0.3, -0.25) is 4.99 Å². The Hall–Kier alpha value is -2.76. The number of hydrogen-bond acceptors (Lipinski definition) is 4. The predicted molar refractivity (Wildman–Crippen MR) is 100 cm³/mol. The first-order valence-corrected chi connectivity index (χ1v) is 8.29. The van der Waals surface area contributed by atoms with Crippen LogP contribution < -0.4 is 20.1 Å². The molecule has 0 aliphatic heterocycles. The van der Waals surface area contributed by atoms with Gasteiger partial charge in [0.05, 0.1) is 13.2 Å². The minimum atomic E-state index is 0.121. The molecule has 25 heavy (non-hydrogen) atoms. The molecule has 0 saturated carbocycles. The minimum absolute atomic E-state index is 0.121. The molecule has 6 nitrogen and oxygen atoms in total. The molecule has 0 saturated heterocycles. The van der Waals surface area contributed by atoms with Crippen LogP contribution in [0.5, 0.6) is 11.6 Å². The standard InChI is InChI=1S/C19H26N4O2/c1-14(2)25-18-9-8-16(12-21-18)13-23-19(20-3)22-11-15-6-5-7-17(10-15)24-4/h5-10,12,14H,11,13H2,1-4H3,(H2,20,22,23). The van der Waals surface area contributed by atoms with Crippen LogP contribution >= 0.6 is 0 Å². The first-order valence-electron chi connectivity index (χ1n) is 8.29. The lowest BCUT2D eigenvalue weighted by Gasteiger charge is -2.13. The number of aliphatic imine (C=N–C) groups is 1. The average molecular weight is 342 g/mol. The number of pyridine rings is 1. The molecule has 2 aromatic rings. The highest BCUT2D eigenvalue weighted by Crippen LogP contribution is 2.12. The number of aromatic nitrogens is 1. The van der Waals surface area contributed by atoms with Crippen LogP contribution in [0, 0.1) is 0 Å². The molecule has 6 heteroatoms. The molecule has 1 aromatic heterocycles. The average Bonchev–Trinajstić information content (AvgIpc) is 2.63. The van der Waals surface area contributed by atoms with Gasteiger partial charge < -0.3 is 20.1 Å². The molecule has 0 unspecified atom stereocenters. The van der Waals surface area contributed by atoms with E-state index in [0.717, 1.165) is 22.8 Å². The SMILES string of the molecule is CN=C(NCc1ccc(OC(C)C)nc1)NCc1cccc(OC)c1. The van der Waals surface area contributed by atoms with Crippen LogP contribution in [-0.2, 0) is 13.1 Å². The van der Waals surface area contributed by atoms with Gasteiger partial charge in [-0.25, -0.2) is 4.98 Å². The number of nitrogens with one attached hydrogen (secondary N) is 2. The van der Waals surface area contributed by atoms with Gasteiger partial charge in [0.2, 0.25) is 5.88 Å². The zero-order valence-corrected chi connectivity index (χ0v) is 15.2. The molecule has 0 spiro atoms. The number of nitrogens with zero attached hydrogens (tertiary/aromatic N) is 2. The van der Waals surface area contributed by atoms with Gasteiger partial charge in [0.1, 0.15) is 5.75 Å². The molecule has 0 aliphatic rings. The van der Waals surface area contributed by atoms with Crippen molar-refractivity contribution < 1.29 is 9.47 Å². The van der Waals surface area contributed by atoms with Crippen LogP contribution in [0.1, 0.15) is 25.0 Å². The summed E-state index contributed by atoms with van der Waals surface area (Å²) in [7, 11) is 3.41. The number of ether oxygens (including phenoxy) is 2. The summed E-state index contributed by atoms with van der Waals surface area (Å²) in [6.07, 6.45) is 1.93. The van der Waals surface area contributed by atoms with Crippen molar-refractivity contribution in [1.82, 2.24) is 15.6 Å². The summed E-state index contributed by atoms with van der Waals surface area (Å²) in [6, 6.07) is 11.8. The maximum Gasteiger partial charge on any atom is 0.213 e. The lowest BCUT2D eigenvalue weighted by Crippen LogP contribution is -2.36. The molecule has 1 heterocycles. The van der Waals surface area contributed by atoms with Crippen molar-refractivity contribution >= 4 is 5.96 Å². The smallest absolute Gasteiger partial charge is 0.213 e. The van der Waals surface area contributed by atoms with E-state index < -0.39 is 0 Å². The van der Waals surface area contributed by atoms with E-state index in [4.69, 9.17) is 9.47 Å². The van der Waals surface area contributed by atoms with Crippen LogP contribution in [0.3, 0.4) is 0 Å². The van der Waals surface area contributed by atoms with Crippen LogP contribution in [0.25, 0.3) is 0 Å². The topological polar surface area (TPSA) is 67.8 Å². The number of benzene rings is 1. The molecular weight excluding hydrogens is 316 g/mol. The monoisotopic (exact) mass is 342 g/mol. The fourth-order valence-electron chi connectivity index (χ4n) is 2.20. The molecular formula is C19H26N4O2. The highest BCUT2D eigenvalue weighted by Gasteiger charge is 2.02. The van der Waals surface area contributed by atoms with Gasteiger partial charge in [0, 0.05) is 32.4 Å². The molecule has 2 N–H and O–H groups in total. The number of guanidine groups is 1. The number of hydrogen-bond donors (Lipinski definition) is 2. The third-order valence-corrected chi connectivity index (χ3v) is 3.43. The van der Waals surface area contributed by atoms with Crippen LogP contribution in [0.2, 0.25) is 0 Å². The summed E-state index contributed by atoms with van der Waals surface area (Å²) >= 11 is 0. The van der Waals surface area contributed by atoms with Gasteiger partial charge in [0.15, 0.2) is 5.96 Å². The normalized spacial score (nSPS) is 11.3. The summed E-state index contributed by atoms with van der Waals surface area (Å²) in [4.78, 5) is 8.53. The third-order valence-electron chi connectivity index (χ3n) is 3.43. The molecule has 0 atom stereocenters. The Kier molecular flexibility index (Phi) is 7.07. The van der Waals surface area contributed by atoms with Gasteiger partial charge >= 0.3 is 0 Å². The highest BCUT2D eigenvalue weighted by molar-refractivity contribution is 5.79. The molecule has 0 aliphatic carbocycles. The molecule has 1 aromatic carbocycles. The van der Waals surface area contributed by atoms with Gasteiger partial charge in [-0.2, -0.15) is 0 Å². The van der Waals surface area contributed by atoms with Crippen LogP contribution in [0.4, 0.5) is 0 Å². The van der Waals surface area contributed by atoms with E-state index in [2.05, 4.69) is 20.6 Å². The summed E-state index contributed by atoms with van der Waals surface area (Å²) in [6.45, 7) is 5.26. The number of methoxy groups -OCH3 is 1. The predicted octanol–water partition coefficient (Wildman–Crippen LogP) is 2.74. The van der Waals surface area contributed by atoms with Crippen molar-refractivity contribution in [2.24, 2.45) is 4.99 Å². The Labute approximate surface area is 149 Å². The third kappa shape index (κ3) is 6.33. The van der Waals surface area contributed by atoms with Crippen molar-refractivity contribution in [3.05, 3.63) is 53.7 Å². The van der Waals surface area contributed by atoms with Crippen molar-refractivity contribution in [2.45, 2.75) is 33.0 Å². The zero-order valence-electron chi connectivity index (χ0n) is 15.2. The second-order valence-electron chi connectivity index (χ2n) is 5.80. The first-order chi connectivity index (χ1) is 12.1. The minimum Gasteiger partial charge on any atom is -0.497 e. The Morgan fingerprint density at radius 3 is 2.48 bits per heavy atom. The Morgan fingerprint density at radius 1 is 1.12 bits per heavy atom. The van der Waals surface area contributed by atoms with E-state index >= 15 is 0 Å². The van der Waals surface area contributed by atoms with E-state index in [-0.39, 0.29) is 6.10 Å². The fourth-order valence-corrected chi connectivity index (χ4v) is 2.20. The van der Waals surface area contributed by atoms with Gasteiger partial charge in [0.25, 0.3) is 0 Å². The van der Waals surface area contributed by atoms with Crippen molar-refractivity contribution in [1.29, 1.82) is 0 Å².